The Hall–Kier alpha value is -2.38. The lowest BCUT2D eigenvalue weighted by Crippen LogP contribution is -2.24. The molecular formula is C17H18N2O4S. The van der Waals surface area contributed by atoms with Gasteiger partial charge < -0.3 is 10.1 Å². The van der Waals surface area contributed by atoms with Gasteiger partial charge in [-0.2, -0.15) is 0 Å². The van der Waals surface area contributed by atoms with Gasteiger partial charge in [0.05, 0.1) is 24.5 Å². The minimum Gasteiger partial charge on any atom is -0.491 e. The Morgan fingerprint density at radius 2 is 1.88 bits per heavy atom. The maximum atomic E-state index is 12.2. The number of amides is 1. The number of benzene rings is 2. The summed E-state index contributed by atoms with van der Waals surface area (Å²) < 4.78 is 32.4. The van der Waals surface area contributed by atoms with Gasteiger partial charge in [-0.25, -0.2) is 13.1 Å². The maximum absolute atomic E-state index is 12.2. The third-order valence-electron chi connectivity index (χ3n) is 3.60. The SMILES string of the molecule is O=C1CCOc2ccc(CNS(=O)(=O)Cc3ccccc3)cc2N1. The summed E-state index contributed by atoms with van der Waals surface area (Å²) in [6.45, 7) is 0.486. The Labute approximate surface area is 140 Å². The third kappa shape index (κ3) is 4.33. The van der Waals surface area contributed by atoms with Crippen LogP contribution in [-0.4, -0.2) is 20.9 Å². The Bertz CT molecular complexity index is 835. The van der Waals surface area contributed by atoms with Crippen LogP contribution in [-0.2, 0) is 27.1 Å². The summed E-state index contributed by atoms with van der Waals surface area (Å²) in [5, 5.41) is 2.76. The third-order valence-corrected chi connectivity index (χ3v) is 4.90. The first-order valence-corrected chi connectivity index (χ1v) is 9.24. The average Bonchev–Trinajstić information content (AvgIpc) is 2.73. The highest BCUT2D eigenvalue weighted by molar-refractivity contribution is 7.88. The lowest BCUT2D eigenvalue weighted by atomic mass is 10.2. The first-order chi connectivity index (χ1) is 11.5. The molecule has 6 nitrogen and oxygen atoms in total. The summed E-state index contributed by atoms with van der Waals surface area (Å²) in [5.74, 6) is 0.408. The van der Waals surface area contributed by atoms with Gasteiger partial charge in [-0.1, -0.05) is 36.4 Å². The van der Waals surface area contributed by atoms with Crippen molar-refractivity contribution in [2.45, 2.75) is 18.7 Å². The molecule has 0 aromatic heterocycles. The predicted octanol–water partition coefficient (Wildman–Crippen LogP) is 2.03. The van der Waals surface area contributed by atoms with Crippen LogP contribution in [0.4, 0.5) is 5.69 Å². The average molecular weight is 346 g/mol. The number of fused-ring (bicyclic) bond motifs is 1. The molecule has 0 aliphatic carbocycles. The van der Waals surface area contributed by atoms with Gasteiger partial charge in [0.1, 0.15) is 5.75 Å². The number of hydrogen-bond acceptors (Lipinski definition) is 4. The van der Waals surface area contributed by atoms with Crippen LogP contribution in [0.25, 0.3) is 0 Å². The fraction of sp³-hybridized carbons (Fsp3) is 0.235. The van der Waals surface area contributed by atoms with Crippen LogP contribution in [0.2, 0.25) is 0 Å². The molecular weight excluding hydrogens is 328 g/mol. The van der Waals surface area contributed by atoms with E-state index in [1.54, 1.807) is 42.5 Å². The highest BCUT2D eigenvalue weighted by Gasteiger charge is 2.15. The highest BCUT2D eigenvalue weighted by atomic mass is 32.2. The van der Waals surface area contributed by atoms with Gasteiger partial charge in [-0.05, 0) is 23.3 Å². The van der Waals surface area contributed by atoms with Gasteiger partial charge in [0.15, 0.2) is 0 Å². The maximum Gasteiger partial charge on any atom is 0.227 e. The lowest BCUT2D eigenvalue weighted by Gasteiger charge is -2.11. The van der Waals surface area contributed by atoms with E-state index in [0.717, 1.165) is 11.1 Å². The molecule has 0 fully saturated rings. The van der Waals surface area contributed by atoms with Crippen LogP contribution in [0.15, 0.2) is 48.5 Å². The number of carbonyl (C=O) groups excluding carboxylic acids is 1. The second-order valence-electron chi connectivity index (χ2n) is 5.54. The monoisotopic (exact) mass is 346 g/mol. The molecule has 0 unspecified atom stereocenters. The Morgan fingerprint density at radius 1 is 1.08 bits per heavy atom. The normalized spacial score (nSPS) is 14.2. The second kappa shape index (κ2) is 7.02. The standard InChI is InChI=1S/C17H18N2O4S/c20-17-8-9-23-16-7-6-14(10-15(16)19-17)11-18-24(21,22)12-13-4-2-1-3-5-13/h1-7,10,18H,8-9,11-12H2,(H,19,20). The molecule has 2 aromatic carbocycles. The van der Waals surface area contributed by atoms with Gasteiger partial charge in [-0.15, -0.1) is 0 Å². The summed E-state index contributed by atoms with van der Waals surface area (Å²) in [4.78, 5) is 11.6. The zero-order chi connectivity index (χ0) is 17.0. The zero-order valence-electron chi connectivity index (χ0n) is 13.0. The largest absolute Gasteiger partial charge is 0.491 e. The molecule has 0 radical (unpaired) electrons. The molecule has 1 aliphatic rings. The zero-order valence-corrected chi connectivity index (χ0v) is 13.8. The van der Waals surface area contributed by atoms with Crippen molar-refractivity contribution >= 4 is 21.6 Å². The molecule has 1 amide bonds. The number of ether oxygens (including phenoxy) is 1. The summed E-state index contributed by atoms with van der Waals surface area (Å²) in [6, 6.07) is 14.2. The van der Waals surface area contributed by atoms with Crippen LogP contribution in [0.5, 0.6) is 5.75 Å². The molecule has 2 N–H and O–H groups in total. The van der Waals surface area contributed by atoms with E-state index >= 15 is 0 Å². The summed E-state index contributed by atoms with van der Waals surface area (Å²) in [5.41, 5.74) is 2.04. The molecule has 24 heavy (non-hydrogen) atoms. The van der Waals surface area contributed by atoms with E-state index in [4.69, 9.17) is 4.74 Å². The molecule has 126 valence electrons. The quantitative estimate of drug-likeness (QED) is 0.867. The van der Waals surface area contributed by atoms with E-state index in [-0.39, 0.29) is 18.2 Å². The van der Waals surface area contributed by atoms with E-state index in [2.05, 4.69) is 10.0 Å². The van der Waals surface area contributed by atoms with Crippen LogP contribution in [0.3, 0.4) is 0 Å². The first-order valence-electron chi connectivity index (χ1n) is 7.59. The van der Waals surface area contributed by atoms with Crippen molar-refractivity contribution in [3.05, 3.63) is 59.7 Å². The lowest BCUT2D eigenvalue weighted by molar-refractivity contribution is -0.116. The van der Waals surface area contributed by atoms with E-state index in [0.29, 0.717) is 24.5 Å². The summed E-state index contributed by atoms with van der Waals surface area (Å²) in [6.07, 6.45) is 0.299. The van der Waals surface area contributed by atoms with Crippen LogP contribution in [0, 0.1) is 0 Å². The molecule has 2 aromatic rings. The number of sulfonamides is 1. The summed E-state index contributed by atoms with van der Waals surface area (Å²) in [7, 11) is -3.44. The van der Waals surface area contributed by atoms with Gasteiger partial charge in [0, 0.05) is 6.54 Å². The number of carbonyl (C=O) groups is 1. The fourth-order valence-corrected chi connectivity index (χ4v) is 3.53. The number of hydrogen-bond donors (Lipinski definition) is 2. The minimum atomic E-state index is -3.44. The van der Waals surface area contributed by atoms with Crippen LogP contribution >= 0.6 is 0 Å². The molecule has 1 aliphatic heterocycles. The molecule has 3 rings (SSSR count). The predicted molar refractivity (Wildman–Crippen MR) is 91.1 cm³/mol. The summed E-state index contributed by atoms with van der Waals surface area (Å²) >= 11 is 0. The highest BCUT2D eigenvalue weighted by Crippen LogP contribution is 2.28. The minimum absolute atomic E-state index is 0.0708. The van der Waals surface area contributed by atoms with Crippen molar-refractivity contribution in [2.75, 3.05) is 11.9 Å². The Kier molecular flexibility index (Phi) is 4.82. The van der Waals surface area contributed by atoms with Crippen molar-refractivity contribution in [1.82, 2.24) is 4.72 Å². The molecule has 0 spiro atoms. The molecule has 7 heteroatoms. The Morgan fingerprint density at radius 3 is 2.67 bits per heavy atom. The molecule has 0 atom stereocenters. The molecule has 1 heterocycles. The van der Waals surface area contributed by atoms with E-state index < -0.39 is 10.0 Å². The van der Waals surface area contributed by atoms with Gasteiger partial charge in [0.25, 0.3) is 0 Å². The van der Waals surface area contributed by atoms with Crippen molar-refractivity contribution in [1.29, 1.82) is 0 Å². The van der Waals surface area contributed by atoms with Gasteiger partial charge in [-0.3, -0.25) is 4.79 Å². The van der Waals surface area contributed by atoms with E-state index in [1.807, 2.05) is 6.07 Å². The van der Waals surface area contributed by atoms with E-state index in [9.17, 15) is 13.2 Å². The van der Waals surface area contributed by atoms with E-state index in [1.165, 1.54) is 0 Å². The number of rotatable bonds is 5. The van der Waals surface area contributed by atoms with Crippen LogP contribution < -0.4 is 14.8 Å². The fourth-order valence-electron chi connectivity index (χ4n) is 2.42. The van der Waals surface area contributed by atoms with Crippen molar-refractivity contribution < 1.29 is 17.9 Å². The molecule has 0 saturated heterocycles. The topological polar surface area (TPSA) is 84.5 Å². The second-order valence-corrected chi connectivity index (χ2v) is 7.35. The van der Waals surface area contributed by atoms with Crippen LogP contribution in [0.1, 0.15) is 17.5 Å². The van der Waals surface area contributed by atoms with Crippen molar-refractivity contribution in [3.63, 3.8) is 0 Å². The molecule has 0 bridgehead atoms. The van der Waals surface area contributed by atoms with Crippen molar-refractivity contribution in [2.24, 2.45) is 0 Å². The molecule has 0 saturated carbocycles. The smallest absolute Gasteiger partial charge is 0.227 e. The number of anilines is 1. The van der Waals surface area contributed by atoms with Gasteiger partial charge in [0.2, 0.25) is 15.9 Å². The van der Waals surface area contributed by atoms with Gasteiger partial charge >= 0.3 is 0 Å². The van der Waals surface area contributed by atoms with Crippen molar-refractivity contribution in [3.8, 4) is 5.75 Å². The number of nitrogens with one attached hydrogen (secondary N) is 2. The Balaban J connectivity index is 1.67. The first kappa shape index (κ1) is 16.5.